The molecule has 1 saturated heterocycles. The van der Waals surface area contributed by atoms with Crippen LogP contribution in [0.15, 0.2) is 34.9 Å². The van der Waals surface area contributed by atoms with Crippen molar-refractivity contribution >= 4 is 11.8 Å². The maximum absolute atomic E-state index is 13.6. The Labute approximate surface area is 229 Å². The highest BCUT2D eigenvalue weighted by molar-refractivity contribution is 5.94. The Bertz CT molecular complexity index is 1330. The first-order valence-corrected chi connectivity index (χ1v) is 14.0. The van der Waals surface area contributed by atoms with E-state index in [1.807, 2.05) is 61.5 Å². The maximum Gasteiger partial charge on any atom is 0.276 e. The third-order valence-electron chi connectivity index (χ3n) is 8.28. The van der Waals surface area contributed by atoms with E-state index in [0.29, 0.717) is 50.5 Å². The number of hydrogen-bond acceptors (Lipinski definition) is 6. The molecule has 2 aromatic heterocycles. The maximum atomic E-state index is 13.6. The molecule has 9 heteroatoms. The summed E-state index contributed by atoms with van der Waals surface area (Å²) >= 11 is 0. The normalized spacial score (nSPS) is 19.9. The lowest BCUT2D eigenvalue weighted by atomic mass is 9.73. The third-order valence-corrected chi connectivity index (χ3v) is 8.28. The van der Waals surface area contributed by atoms with Crippen LogP contribution in [0, 0.1) is 26.2 Å². The molecule has 0 aliphatic carbocycles. The molecule has 9 nitrogen and oxygen atoms in total. The minimum Gasteiger partial charge on any atom is -0.491 e. The second-order valence-electron chi connectivity index (χ2n) is 11.2. The summed E-state index contributed by atoms with van der Waals surface area (Å²) in [5, 5.41) is 11.9. The highest BCUT2D eigenvalue weighted by Crippen LogP contribution is 2.38. The van der Waals surface area contributed by atoms with Crippen LogP contribution in [-0.2, 0) is 17.8 Å². The molecular formula is C30H39N5O4. The predicted octanol–water partition coefficient (Wildman–Crippen LogP) is 4.38. The first kappa shape index (κ1) is 27.0. The van der Waals surface area contributed by atoms with E-state index < -0.39 is 5.41 Å². The van der Waals surface area contributed by atoms with Gasteiger partial charge in [-0.25, -0.2) is 0 Å². The van der Waals surface area contributed by atoms with Gasteiger partial charge < -0.3 is 19.5 Å². The van der Waals surface area contributed by atoms with Gasteiger partial charge in [0.2, 0.25) is 5.91 Å². The molecule has 1 atom stereocenters. The Morgan fingerprint density at radius 3 is 2.64 bits per heavy atom. The van der Waals surface area contributed by atoms with Crippen LogP contribution >= 0.6 is 0 Å². The summed E-state index contributed by atoms with van der Waals surface area (Å²) in [5.41, 5.74) is 3.76. The number of ether oxygens (including phenoxy) is 1. The lowest BCUT2D eigenvalue weighted by molar-refractivity contribution is -0.135. The SMILES string of the molecule is Cc1cc(C)n(Cc2c(C(=O)N3CCC4(CCCCc5ccccc5OC[C@H](C)NC4=O)CC3)noc2C)n1. The van der Waals surface area contributed by atoms with E-state index in [4.69, 9.17) is 9.26 Å². The van der Waals surface area contributed by atoms with Crippen LogP contribution in [0.1, 0.15) is 77.8 Å². The fourth-order valence-corrected chi connectivity index (χ4v) is 5.87. The van der Waals surface area contributed by atoms with Crippen molar-refractivity contribution < 1.29 is 18.8 Å². The summed E-state index contributed by atoms with van der Waals surface area (Å²) < 4.78 is 13.4. The lowest BCUT2D eigenvalue weighted by Gasteiger charge is -2.41. The molecule has 2 amide bonds. The van der Waals surface area contributed by atoms with Crippen LogP contribution in [0.4, 0.5) is 0 Å². The Kier molecular flexibility index (Phi) is 7.77. The summed E-state index contributed by atoms with van der Waals surface area (Å²) in [6.45, 7) is 9.62. The van der Waals surface area contributed by atoms with Gasteiger partial charge in [-0.05, 0) is 77.5 Å². The molecule has 2 aliphatic heterocycles. The second kappa shape index (κ2) is 11.2. The van der Waals surface area contributed by atoms with Crippen molar-refractivity contribution in [1.29, 1.82) is 0 Å². The topological polar surface area (TPSA) is 102 Å². The van der Waals surface area contributed by atoms with Gasteiger partial charge in [0, 0.05) is 24.3 Å². The van der Waals surface area contributed by atoms with E-state index in [-0.39, 0.29) is 17.9 Å². The number of aromatic nitrogens is 3. The molecule has 1 N–H and O–H groups in total. The number of nitrogens with one attached hydrogen (secondary N) is 1. The first-order valence-electron chi connectivity index (χ1n) is 14.0. The van der Waals surface area contributed by atoms with E-state index in [1.54, 1.807) is 0 Å². The molecule has 4 heterocycles. The van der Waals surface area contributed by atoms with Crippen LogP contribution < -0.4 is 10.1 Å². The summed E-state index contributed by atoms with van der Waals surface area (Å²) in [6.07, 6.45) is 4.91. The quantitative estimate of drug-likeness (QED) is 0.536. The molecule has 0 radical (unpaired) electrons. The van der Waals surface area contributed by atoms with Crippen molar-refractivity contribution in [3.63, 3.8) is 0 Å². The van der Waals surface area contributed by atoms with Gasteiger partial charge in [-0.2, -0.15) is 5.10 Å². The van der Waals surface area contributed by atoms with Crippen LogP contribution in [0.5, 0.6) is 5.75 Å². The summed E-state index contributed by atoms with van der Waals surface area (Å²) in [6, 6.07) is 10.1. The fraction of sp³-hybridized carbons (Fsp3) is 0.533. The molecule has 0 bridgehead atoms. The van der Waals surface area contributed by atoms with Crippen LogP contribution in [-0.4, -0.2) is 57.4 Å². The number of hydrogen-bond donors (Lipinski definition) is 1. The molecule has 1 fully saturated rings. The fourth-order valence-electron chi connectivity index (χ4n) is 5.87. The largest absolute Gasteiger partial charge is 0.491 e. The highest BCUT2D eigenvalue weighted by Gasteiger charge is 2.43. The van der Waals surface area contributed by atoms with E-state index in [0.717, 1.165) is 48.4 Å². The molecular weight excluding hydrogens is 494 g/mol. The van der Waals surface area contributed by atoms with Crippen molar-refractivity contribution in [2.24, 2.45) is 5.41 Å². The van der Waals surface area contributed by atoms with Gasteiger partial charge in [0.1, 0.15) is 18.1 Å². The lowest BCUT2D eigenvalue weighted by Crippen LogP contribution is -2.52. The van der Waals surface area contributed by atoms with Gasteiger partial charge in [-0.3, -0.25) is 14.3 Å². The summed E-state index contributed by atoms with van der Waals surface area (Å²) in [5.74, 6) is 1.45. The number of carbonyl (C=O) groups is 2. The Balaban J connectivity index is 1.28. The van der Waals surface area contributed by atoms with E-state index >= 15 is 0 Å². The zero-order valence-electron chi connectivity index (χ0n) is 23.5. The van der Waals surface area contributed by atoms with Gasteiger partial charge in [0.05, 0.1) is 23.7 Å². The van der Waals surface area contributed by atoms with Gasteiger partial charge in [-0.15, -0.1) is 0 Å². The Morgan fingerprint density at radius 1 is 1.13 bits per heavy atom. The van der Waals surface area contributed by atoms with E-state index in [1.165, 1.54) is 5.56 Å². The van der Waals surface area contributed by atoms with E-state index in [2.05, 4.69) is 21.6 Å². The second-order valence-corrected chi connectivity index (χ2v) is 11.2. The van der Waals surface area contributed by atoms with Crippen LogP contribution in [0.25, 0.3) is 0 Å². The monoisotopic (exact) mass is 533 g/mol. The van der Waals surface area contributed by atoms with Crippen LogP contribution in [0.3, 0.4) is 0 Å². The molecule has 0 unspecified atom stereocenters. The number of amides is 2. The molecule has 3 aromatic rings. The number of rotatable bonds is 3. The third kappa shape index (κ3) is 5.72. The minimum atomic E-state index is -0.490. The number of para-hydroxylation sites is 1. The molecule has 2 aliphatic rings. The standard InChI is InChI=1S/C30H39N5O4/c1-20-17-22(3)35(32-20)18-25-23(4)39-33-27(25)28(36)34-15-13-30(14-16-34)12-8-7-10-24-9-5-6-11-26(24)38-19-21(2)31-29(30)37/h5-6,9,11,17,21H,7-8,10,12-16,18-19H2,1-4H3,(H,31,37)/t21-/m0/s1. The minimum absolute atomic E-state index is 0.0713. The summed E-state index contributed by atoms with van der Waals surface area (Å²) in [4.78, 5) is 29.0. The smallest absolute Gasteiger partial charge is 0.276 e. The van der Waals surface area contributed by atoms with Gasteiger partial charge in [0.15, 0.2) is 5.69 Å². The number of nitrogens with zero attached hydrogens (tertiary/aromatic N) is 4. The van der Waals surface area contributed by atoms with Gasteiger partial charge in [-0.1, -0.05) is 29.8 Å². The molecule has 0 saturated carbocycles. The highest BCUT2D eigenvalue weighted by atomic mass is 16.5. The zero-order valence-corrected chi connectivity index (χ0v) is 23.5. The average molecular weight is 534 g/mol. The number of piperidine rings is 1. The predicted molar refractivity (Wildman–Crippen MR) is 147 cm³/mol. The first-order chi connectivity index (χ1) is 18.8. The van der Waals surface area contributed by atoms with Gasteiger partial charge in [0.25, 0.3) is 5.91 Å². The molecule has 1 aromatic carbocycles. The molecule has 5 rings (SSSR count). The van der Waals surface area contributed by atoms with E-state index in [9.17, 15) is 9.59 Å². The number of benzene rings is 1. The molecule has 208 valence electrons. The number of carbonyl (C=O) groups excluding carboxylic acids is 2. The molecule has 39 heavy (non-hydrogen) atoms. The van der Waals surface area contributed by atoms with Crippen molar-refractivity contribution in [2.75, 3.05) is 19.7 Å². The molecule has 1 spiro atoms. The van der Waals surface area contributed by atoms with Crippen molar-refractivity contribution in [2.45, 2.75) is 78.8 Å². The summed E-state index contributed by atoms with van der Waals surface area (Å²) in [7, 11) is 0. The van der Waals surface area contributed by atoms with Crippen molar-refractivity contribution in [3.05, 3.63) is 64.3 Å². The number of fused-ring (bicyclic) bond motifs is 1. The van der Waals surface area contributed by atoms with Crippen molar-refractivity contribution in [3.8, 4) is 5.75 Å². The Morgan fingerprint density at radius 2 is 1.90 bits per heavy atom. The number of aryl methyl sites for hydroxylation is 4. The van der Waals surface area contributed by atoms with Crippen molar-refractivity contribution in [1.82, 2.24) is 25.2 Å². The Hall–Kier alpha value is -3.62. The number of likely N-dealkylation sites (tertiary alicyclic amines) is 1. The van der Waals surface area contributed by atoms with Crippen LogP contribution in [0.2, 0.25) is 0 Å². The average Bonchev–Trinajstić information content (AvgIpc) is 3.45. The van der Waals surface area contributed by atoms with Gasteiger partial charge >= 0.3 is 0 Å². The zero-order chi connectivity index (χ0) is 27.6.